The lowest BCUT2D eigenvalue weighted by Gasteiger charge is -2.06. The molecule has 0 atom stereocenters. The number of hydrogen-bond donors (Lipinski definition) is 3. The third-order valence-electron chi connectivity index (χ3n) is 2.15. The summed E-state index contributed by atoms with van der Waals surface area (Å²) in [6.07, 6.45) is -2.99. The van der Waals surface area contributed by atoms with E-state index in [4.69, 9.17) is 10.8 Å². The molecule has 0 radical (unpaired) electrons. The van der Waals surface area contributed by atoms with Crippen molar-refractivity contribution in [1.82, 2.24) is 9.97 Å². The highest BCUT2D eigenvalue weighted by molar-refractivity contribution is 5.71. The average Bonchev–Trinajstić information content (AvgIpc) is 2.29. The summed E-state index contributed by atoms with van der Waals surface area (Å²) < 4.78 is 28.2. The molecule has 0 saturated carbocycles. The number of carboxylic acids is 1. The number of anilines is 1. The highest BCUT2D eigenvalue weighted by Crippen LogP contribution is 2.04. The molecule has 0 fully saturated rings. The summed E-state index contributed by atoms with van der Waals surface area (Å²) >= 11 is 0. The number of nitrogens with two attached hydrogens (primary N) is 1. The number of alkyl halides is 2. The van der Waals surface area contributed by atoms with Crippen LogP contribution in [0.25, 0.3) is 0 Å². The summed E-state index contributed by atoms with van der Waals surface area (Å²) in [6.45, 7) is -0.748. The molecule has 4 N–H and O–H groups in total. The van der Waals surface area contributed by atoms with Crippen molar-refractivity contribution < 1.29 is 23.4 Å². The van der Waals surface area contributed by atoms with E-state index in [0.29, 0.717) is 0 Å². The van der Waals surface area contributed by atoms with Gasteiger partial charge in [-0.1, -0.05) is 0 Å². The van der Waals surface area contributed by atoms with Gasteiger partial charge in [0.05, 0.1) is 18.6 Å². The van der Waals surface area contributed by atoms with Gasteiger partial charge in [0.2, 0.25) is 0 Å². The van der Waals surface area contributed by atoms with Gasteiger partial charge < -0.3 is 20.6 Å². The maximum absolute atomic E-state index is 11.8. The first-order valence-electron chi connectivity index (χ1n) is 5.35. The largest absolute Gasteiger partial charge is 0.481 e. The van der Waals surface area contributed by atoms with Gasteiger partial charge in [-0.3, -0.25) is 9.59 Å². The zero-order valence-electron chi connectivity index (χ0n) is 9.86. The normalized spacial score (nSPS) is 10.9. The lowest BCUT2D eigenvalue weighted by atomic mass is 10.2. The minimum Gasteiger partial charge on any atom is -0.481 e. The zero-order valence-corrected chi connectivity index (χ0v) is 9.86. The minimum atomic E-state index is -2.56. The van der Waals surface area contributed by atoms with Crippen molar-refractivity contribution >= 4 is 11.8 Å². The number of hydrogen-bond acceptors (Lipinski definition) is 5. The second-order valence-corrected chi connectivity index (χ2v) is 3.66. The number of carbonyl (C=O) groups is 1. The Morgan fingerprint density at radius 2 is 2.21 bits per heavy atom. The number of carboxylic acid groups (broad SMARTS) is 1. The van der Waals surface area contributed by atoms with Crippen molar-refractivity contribution in [3.8, 4) is 0 Å². The first-order valence-corrected chi connectivity index (χ1v) is 5.35. The average molecular weight is 277 g/mol. The third kappa shape index (κ3) is 5.00. The molecule has 1 aromatic heterocycles. The molecule has 106 valence electrons. The van der Waals surface area contributed by atoms with Crippen molar-refractivity contribution in [3.05, 3.63) is 21.7 Å². The van der Waals surface area contributed by atoms with Gasteiger partial charge in [0, 0.05) is 6.42 Å². The van der Waals surface area contributed by atoms with Crippen LogP contribution in [0.15, 0.2) is 4.79 Å². The number of ether oxygens (including phenoxy) is 1. The van der Waals surface area contributed by atoms with Gasteiger partial charge in [0.1, 0.15) is 18.2 Å². The van der Waals surface area contributed by atoms with Crippen molar-refractivity contribution in [2.24, 2.45) is 0 Å². The molecule has 0 aliphatic carbocycles. The summed E-state index contributed by atoms with van der Waals surface area (Å²) in [7, 11) is 0. The van der Waals surface area contributed by atoms with Crippen LogP contribution in [0, 0.1) is 0 Å². The fraction of sp³-hybridized carbons (Fsp3) is 0.500. The van der Waals surface area contributed by atoms with Crippen LogP contribution in [0.4, 0.5) is 14.6 Å². The van der Waals surface area contributed by atoms with E-state index in [2.05, 4.69) is 14.7 Å². The Balaban J connectivity index is 2.67. The standard InChI is InChI=1S/C10H13F2N3O4/c11-6(12)4-19-2-1-7-14-9(13)5(3-8(16)17)10(18)15-7/h6H,1-4H2,(H,16,17)(H3,13,14,15,18). The van der Waals surface area contributed by atoms with E-state index in [-0.39, 0.29) is 30.2 Å². The number of H-pyrrole nitrogens is 1. The van der Waals surface area contributed by atoms with E-state index in [0.717, 1.165) is 0 Å². The molecule has 7 nitrogen and oxygen atoms in total. The topological polar surface area (TPSA) is 118 Å². The Morgan fingerprint density at radius 3 is 2.74 bits per heavy atom. The van der Waals surface area contributed by atoms with Crippen LogP contribution in [-0.2, 0) is 22.4 Å². The number of nitrogens with one attached hydrogen (secondary N) is 1. The Labute approximate surface area is 106 Å². The van der Waals surface area contributed by atoms with Gasteiger partial charge in [-0.05, 0) is 0 Å². The van der Waals surface area contributed by atoms with Crippen molar-refractivity contribution in [1.29, 1.82) is 0 Å². The molecule has 0 aliphatic heterocycles. The Morgan fingerprint density at radius 1 is 1.53 bits per heavy atom. The molecule has 0 amide bonds. The van der Waals surface area contributed by atoms with Gasteiger partial charge in [-0.25, -0.2) is 13.8 Å². The monoisotopic (exact) mass is 277 g/mol. The van der Waals surface area contributed by atoms with Gasteiger partial charge in [0.15, 0.2) is 0 Å². The highest BCUT2D eigenvalue weighted by atomic mass is 19.3. The summed E-state index contributed by atoms with van der Waals surface area (Å²) in [6, 6.07) is 0. The molecule has 19 heavy (non-hydrogen) atoms. The Kier molecular flexibility index (Phi) is 5.37. The number of aromatic nitrogens is 2. The van der Waals surface area contributed by atoms with Crippen LogP contribution < -0.4 is 11.3 Å². The number of aromatic amines is 1. The van der Waals surface area contributed by atoms with Gasteiger partial charge >= 0.3 is 5.97 Å². The van der Waals surface area contributed by atoms with E-state index in [1.807, 2.05) is 0 Å². The molecule has 0 spiro atoms. The van der Waals surface area contributed by atoms with E-state index in [1.165, 1.54) is 0 Å². The van der Waals surface area contributed by atoms with E-state index in [9.17, 15) is 18.4 Å². The Hall–Kier alpha value is -2.03. The number of rotatable bonds is 7. The van der Waals surface area contributed by atoms with E-state index >= 15 is 0 Å². The minimum absolute atomic E-state index is 0.0506. The molecule has 0 bridgehead atoms. The van der Waals surface area contributed by atoms with E-state index < -0.39 is 31.0 Å². The van der Waals surface area contributed by atoms with Crippen LogP contribution in [0.3, 0.4) is 0 Å². The quantitative estimate of drug-likeness (QED) is 0.594. The maximum Gasteiger partial charge on any atom is 0.308 e. The number of nitrogen functional groups attached to an aromatic ring is 1. The fourth-order valence-electron chi connectivity index (χ4n) is 1.35. The highest BCUT2D eigenvalue weighted by Gasteiger charge is 2.12. The lowest BCUT2D eigenvalue weighted by molar-refractivity contribution is -0.136. The van der Waals surface area contributed by atoms with Crippen LogP contribution in [0.2, 0.25) is 0 Å². The molecule has 1 aromatic rings. The summed E-state index contributed by atoms with van der Waals surface area (Å²) in [5.41, 5.74) is 4.68. The molecule has 0 aliphatic rings. The molecular weight excluding hydrogens is 264 g/mol. The second-order valence-electron chi connectivity index (χ2n) is 3.66. The lowest BCUT2D eigenvalue weighted by Crippen LogP contribution is -2.23. The fourth-order valence-corrected chi connectivity index (χ4v) is 1.35. The van der Waals surface area contributed by atoms with Crippen LogP contribution in [0.5, 0.6) is 0 Å². The second kappa shape index (κ2) is 6.78. The predicted molar refractivity (Wildman–Crippen MR) is 61.1 cm³/mol. The number of nitrogens with zero attached hydrogens (tertiary/aromatic N) is 1. The van der Waals surface area contributed by atoms with Crippen molar-refractivity contribution in [2.45, 2.75) is 19.3 Å². The van der Waals surface area contributed by atoms with Crippen molar-refractivity contribution in [2.75, 3.05) is 18.9 Å². The molecule has 1 rings (SSSR count). The molecule has 9 heteroatoms. The molecule has 0 saturated heterocycles. The summed E-state index contributed by atoms with van der Waals surface area (Å²) in [5.74, 6) is -1.23. The smallest absolute Gasteiger partial charge is 0.308 e. The molecule has 0 aromatic carbocycles. The molecular formula is C10H13F2N3O4. The molecule has 1 heterocycles. The number of halogens is 2. The van der Waals surface area contributed by atoms with Gasteiger partial charge in [-0.15, -0.1) is 0 Å². The Bertz CT molecular complexity index is 504. The zero-order chi connectivity index (χ0) is 14.4. The van der Waals surface area contributed by atoms with E-state index in [1.54, 1.807) is 0 Å². The first-order chi connectivity index (χ1) is 8.90. The van der Waals surface area contributed by atoms with Crippen LogP contribution in [0.1, 0.15) is 11.4 Å². The van der Waals surface area contributed by atoms with Crippen LogP contribution in [-0.4, -0.2) is 40.7 Å². The van der Waals surface area contributed by atoms with Gasteiger partial charge in [0.25, 0.3) is 12.0 Å². The van der Waals surface area contributed by atoms with Crippen molar-refractivity contribution in [3.63, 3.8) is 0 Å². The summed E-state index contributed by atoms with van der Waals surface area (Å²) in [5, 5.41) is 8.58. The molecule has 0 unspecified atom stereocenters. The first kappa shape index (κ1) is 15.0. The number of aliphatic carboxylic acids is 1. The summed E-state index contributed by atoms with van der Waals surface area (Å²) in [4.78, 5) is 28.2. The third-order valence-corrected chi connectivity index (χ3v) is 2.15. The van der Waals surface area contributed by atoms with Crippen LogP contribution >= 0.6 is 0 Å². The SMILES string of the molecule is Nc1nc(CCOCC(F)F)[nH]c(=O)c1CC(=O)O. The van der Waals surface area contributed by atoms with Gasteiger partial charge in [-0.2, -0.15) is 0 Å². The maximum atomic E-state index is 11.8. The predicted octanol–water partition coefficient (Wildman–Crippen LogP) is -0.197.